The summed E-state index contributed by atoms with van der Waals surface area (Å²) >= 11 is 0. The number of benzene rings is 2. The molecular weight excluding hydrogens is 348 g/mol. The van der Waals surface area contributed by atoms with E-state index in [-0.39, 0.29) is 34.2 Å². The fourth-order valence-corrected chi connectivity index (χ4v) is 3.20. The smallest absolute Gasteiger partial charge is 0.271 e. The number of sulfone groups is 1. The van der Waals surface area contributed by atoms with Crippen LogP contribution in [0.2, 0.25) is 0 Å². The Bertz CT molecular complexity index is 878. The zero-order valence-corrected chi connectivity index (χ0v) is 14.2. The maximum absolute atomic E-state index is 12.2. The van der Waals surface area contributed by atoms with Crippen molar-refractivity contribution in [3.8, 4) is 0 Å². The normalized spacial score (nSPS) is 11.1. The first kappa shape index (κ1) is 18.6. The van der Waals surface area contributed by atoms with E-state index in [0.717, 1.165) is 0 Å². The standard InChI is InChI=1S/C16H16N2O6S/c1-24-9-10-25(22,23)15-7-5-12(6-8-15)16(19)17-13-3-2-4-14(11-13)18(20)21/h2-8,11H,9-10H2,1H3,(H,17,19). The summed E-state index contributed by atoms with van der Waals surface area (Å²) in [6, 6.07) is 11.0. The number of anilines is 1. The van der Waals surface area contributed by atoms with Gasteiger partial charge in [0, 0.05) is 30.5 Å². The fourth-order valence-electron chi connectivity index (χ4n) is 2.03. The Morgan fingerprint density at radius 2 is 1.88 bits per heavy atom. The lowest BCUT2D eigenvalue weighted by Crippen LogP contribution is -2.14. The highest BCUT2D eigenvalue weighted by molar-refractivity contribution is 7.91. The van der Waals surface area contributed by atoms with Crippen molar-refractivity contribution >= 4 is 27.1 Å². The summed E-state index contributed by atoms with van der Waals surface area (Å²) in [4.78, 5) is 22.5. The van der Waals surface area contributed by atoms with Crippen LogP contribution >= 0.6 is 0 Å². The number of nitrogens with one attached hydrogen (secondary N) is 1. The average molecular weight is 364 g/mol. The van der Waals surface area contributed by atoms with Crippen molar-refractivity contribution in [2.45, 2.75) is 4.90 Å². The van der Waals surface area contributed by atoms with Gasteiger partial charge in [-0.25, -0.2) is 8.42 Å². The first-order chi connectivity index (χ1) is 11.8. The summed E-state index contributed by atoms with van der Waals surface area (Å²) in [7, 11) is -2.06. The van der Waals surface area contributed by atoms with Crippen LogP contribution in [0.1, 0.15) is 10.4 Å². The Labute approximate surface area is 144 Å². The van der Waals surface area contributed by atoms with Gasteiger partial charge in [-0.3, -0.25) is 14.9 Å². The minimum absolute atomic E-state index is 0.0807. The topological polar surface area (TPSA) is 116 Å². The van der Waals surface area contributed by atoms with Gasteiger partial charge in [0.05, 0.1) is 22.2 Å². The van der Waals surface area contributed by atoms with E-state index < -0.39 is 20.7 Å². The Balaban J connectivity index is 2.13. The third-order valence-electron chi connectivity index (χ3n) is 3.35. The van der Waals surface area contributed by atoms with Crippen molar-refractivity contribution in [3.05, 3.63) is 64.2 Å². The molecular formula is C16H16N2O6S. The molecule has 0 aliphatic carbocycles. The van der Waals surface area contributed by atoms with Gasteiger partial charge >= 0.3 is 0 Å². The Morgan fingerprint density at radius 3 is 2.48 bits per heavy atom. The molecule has 132 valence electrons. The number of carbonyl (C=O) groups is 1. The van der Waals surface area contributed by atoms with Gasteiger partial charge < -0.3 is 10.1 Å². The summed E-state index contributed by atoms with van der Waals surface area (Å²) in [5.74, 6) is -0.649. The summed E-state index contributed by atoms with van der Waals surface area (Å²) < 4.78 is 28.8. The monoisotopic (exact) mass is 364 g/mol. The average Bonchev–Trinajstić information content (AvgIpc) is 2.60. The van der Waals surface area contributed by atoms with Gasteiger partial charge in [-0.05, 0) is 30.3 Å². The number of nitrogens with zero attached hydrogens (tertiary/aromatic N) is 1. The number of hydrogen-bond donors (Lipinski definition) is 1. The minimum atomic E-state index is -3.47. The molecule has 0 aliphatic rings. The van der Waals surface area contributed by atoms with Gasteiger partial charge in [-0.1, -0.05) is 6.07 Å². The summed E-state index contributed by atoms with van der Waals surface area (Å²) in [6.45, 7) is 0.0807. The number of hydrogen-bond acceptors (Lipinski definition) is 6. The first-order valence-electron chi connectivity index (χ1n) is 7.21. The van der Waals surface area contributed by atoms with Gasteiger partial charge in [0.1, 0.15) is 0 Å². The van der Waals surface area contributed by atoms with Crippen molar-refractivity contribution in [1.29, 1.82) is 0 Å². The number of amides is 1. The van der Waals surface area contributed by atoms with E-state index in [0.29, 0.717) is 0 Å². The second kappa shape index (κ2) is 7.86. The predicted molar refractivity (Wildman–Crippen MR) is 91.4 cm³/mol. The highest BCUT2D eigenvalue weighted by Crippen LogP contribution is 2.18. The molecule has 0 aromatic heterocycles. The van der Waals surface area contributed by atoms with E-state index in [1.165, 1.54) is 55.6 Å². The number of carbonyl (C=O) groups excluding carboxylic acids is 1. The molecule has 0 bridgehead atoms. The van der Waals surface area contributed by atoms with E-state index in [9.17, 15) is 23.3 Å². The fraction of sp³-hybridized carbons (Fsp3) is 0.188. The second-order valence-electron chi connectivity index (χ2n) is 5.10. The van der Waals surface area contributed by atoms with Crippen LogP contribution in [0.3, 0.4) is 0 Å². The molecule has 8 nitrogen and oxygen atoms in total. The van der Waals surface area contributed by atoms with Crippen LogP contribution < -0.4 is 5.32 Å². The second-order valence-corrected chi connectivity index (χ2v) is 7.21. The lowest BCUT2D eigenvalue weighted by atomic mass is 10.2. The van der Waals surface area contributed by atoms with Crippen LogP contribution in [-0.2, 0) is 14.6 Å². The Kier molecular flexibility index (Phi) is 5.84. The van der Waals surface area contributed by atoms with Crippen LogP contribution in [-0.4, -0.2) is 38.7 Å². The maximum atomic E-state index is 12.2. The lowest BCUT2D eigenvalue weighted by Gasteiger charge is -2.07. The molecule has 9 heteroatoms. The molecule has 0 aliphatic heterocycles. The van der Waals surface area contributed by atoms with Gasteiger partial charge in [-0.2, -0.15) is 0 Å². The lowest BCUT2D eigenvalue weighted by molar-refractivity contribution is -0.384. The Hall–Kier alpha value is -2.78. The molecule has 1 N–H and O–H groups in total. The molecule has 0 atom stereocenters. The highest BCUT2D eigenvalue weighted by Gasteiger charge is 2.15. The zero-order chi connectivity index (χ0) is 18.4. The molecule has 0 heterocycles. The zero-order valence-electron chi connectivity index (χ0n) is 13.3. The van der Waals surface area contributed by atoms with E-state index in [1.807, 2.05) is 0 Å². The van der Waals surface area contributed by atoms with E-state index in [2.05, 4.69) is 5.32 Å². The van der Waals surface area contributed by atoms with Crippen LogP contribution in [0.5, 0.6) is 0 Å². The minimum Gasteiger partial charge on any atom is -0.384 e. The highest BCUT2D eigenvalue weighted by atomic mass is 32.2. The summed E-state index contributed by atoms with van der Waals surface area (Å²) in [6.07, 6.45) is 0. The third-order valence-corrected chi connectivity index (χ3v) is 5.04. The van der Waals surface area contributed by atoms with Gasteiger partial charge in [-0.15, -0.1) is 0 Å². The van der Waals surface area contributed by atoms with Gasteiger partial charge in [0.2, 0.25) is 0 Å². The third kappa shape index (κ3) is 4.85. The van der Waals surface area contributed by atoms with Crippen molar-refractivity contribution in [2.24, 2.45) is 0 Å². The molecule has 0 saturated heterocycles. The van der Waals surface area contributed by atoms with Crippen molar-refractivity contribution in [1.82, 2.24) is 0 Å². The van der Waals surface area contributed by atoms with Gasteiger partial charge in [0.25, 0.3) is 11.6 Å². The number of non-ortho nitro benzene ring substituents is 1. The maximum Gasteiger partial charge on any atom is 0.271 e. The molecule has 1 amide bonds. The summed E-state index contributed by atoms with van der Waals surface area (Å²) in [5.41, 5.74) is 0.366. The molecule has 0 unspecified atom stereocenters. The van der Waals surface area contributed by atoms with Crippen LogP contribution in [0, 0.1) is 10.1 Å². The van der Waals surface area contributed by atoms with Crippen LogP contribution in [0.4, 0.5) is 11.4 Å². The molecule has 0 radical (unpaired) electrons. The SMILES string of the molecule is COCCS(=O)(=O)c1ccc(C(=O)Nc2cccc([N+](=O)[O-])c2)cc1. The molecule has 25 heavy (non-hydrogen) atoms. The van der Waals surface area contributed by atoms with Gasteiger partial charge in [0.15, 0.2) is 9.84 Å². The number of nitro benzene ring substituents is 1. The largest absolute Gasteiger partial charge is 0.384 e. The quantitative estimate of drug-likeness (QED) is 0.595. The van der Waals surface area contributed by atoms with E-state index >= 15 is 0 Å². The first-order valence-corrected chi connectivity index (χ1v) is 8.86. The molecule has 0 saturated carbocycles. The van der Waals surface area contributed by atoms with E-state index in [4.69, 9.17) is 4.74 Å². The number of methoxy groups -OCH3 is 1. The van der Waals surface area contributed by atoms with Crippen molar-refractivity contribution < 1.29 is 22.9 Å². The molecule has 2 aromatic rings. The molecule has 2 aromatic carbocycles. The Morgan fingerprint density at radius 1 is 1.20 bits per heavy atom. The molecule has 2 rings (SSSR count). The van der Waals surface area contributed by atoms with E-state index in [1.54, 1.807) is 0 Å². The predicted octanol–water partition coefficient (Wildman–Crippen LogP) is 2.27. The number of nitro groups is 1. The molecule has 0 fully saturated rings. The number of rotatable bonds is 7. The van der Waals surface area contributed by atoms with Crippen LogP contribution in [0.15, 0.2) is 53.4 Å². The number of ether oxygens (including phenoxy) is 1. The molecule has 0 spiro atoms. The van der Waals surface area contributed by atoms with Crippen molar-refractivity contribution in [2.75, 3.05) is 24.8 Å². The van der Waals surface area contributed by atoms with Crippen LogP contribution in [0.25, 0.3) is 0 Å². The van der Waals surface area contributed by atoms with Crippen molar-refractivity contribution in [3.63, 3.8) is 0 Å². The summed E-state index contributed by atoms with van der Waals surface area (Å²) in [5, 5.41) is 13.3.